The highest BCUT2D eigenvalue weighted by atomic mass is 16.5. The third-order valence-electron chi connectivity index (χ3n) is 4.84. The van der Waals surface area contributed by atoms with E-state index in [1.165, 1.54) is 4.90 Å². The summed E-state index contributed by atoms with van der Waals surface area (Å²) in [6.07, 6.45) is 1.43. The number of ether oxygens (including phenoxy) is 1. The van der Waals surface area contributed by atoms with E-state index in [9.17, 15) is 14.4 Å². The lowest BCUT2D eigenvalue weighted by atomic mass is 9.98. The van der Waals surface area contributed by atoms with Gasteiger partial charge in [0.05, 0.1) is 25.5 Å². The first-order chi connectivity index (χ1) is 12.8. The minimum Gasteiger partial charge on any atom is -0.493 e. The standard InChI is InChI=1S/C20H28N2O5/c1-14-6-7-15(2)17(11-14)27-10-8-18(23)21(3)13-19(24)22-9-4-5-16(12-22)20(25)26/h6-7,11,16H,4-5,8-10,12-13H2,1-3H3,(H,25,26). The molecule has 27 heavy (non-hydrogen) atoms. The number of rotatable bonds is 7. The number of carboxylic acids is 1. The number of carbonyl (C=O) groups is 3. The van der Waals surface area contributed by atoms with Crippen LogP contribution in [-0.4, -0.2) is 66.0 Å². The summed E-state index contributed by atoms with van der Waals surface area (Å²) in [6, 6.07) is 5.91. The van der Waals surface area contributed by atoms with Gasteiger partial charge < -0.3 is 19.6 Å². The number of amides is 2. The predicted octanol–water partition coefficient (Wildman–Crippen LogP) is 1.85. The van der Waals surface area contributed by atoms with Gasteiger partial charge in [-0.25, -0.2) is 0 Å². The van der Waals surface area contributed by atoms with E-state index in [-0.39, 0.29) is 37.9 Å². The van der Waals surface area contributed by atoms with E-state index in [2.05, 4.69) is 0 Å². The van der Waals surface area contributed by atoms with E-state index >= 15 is 0 Å². The van der Waals surface area contributed by atoms with Gasteiger partial charge in [-0.2, -0.15) is 0 Å². The first kappa shape index (κ1) is 20.7. The first-order valence-corrected chi connectivity index (χ1v) is 9.22. The third-order valence-corrected chi connectivity index (χ3v) is 4.84. The Morgan fingerprint density at radius 3 is 2.74 bits per heavy atom. The number of aliphatic carboxylic acids is 1. The van der Waals surface area contributed by atoms with Gasteiger partial charge in [-0.1, -0.05) is 12.1 Å². The smallest absolute Gasteiger partial charge is 0.308 e. The Kier molecular flexibility index (Phi) is 7.21. The fourth-order valence-electron chi connectivity index (χ4n) is 3.10. The molecule has 1 aromatic carbocycles. The van der Waals surface area contributed by atoms with Crippen molar-refractivity contribution in [3.63, 3.8) is 0 Å². The maximum Gasteiger partial charge on any atom is 0.308 e. The Morgan fingerprint density at radius 2 is 2.04 bits per heavy atom. The molecule has 1 saturated heterocycles. The van der Waals surface area contributed by atoms with Crippen molar-refractivity contribution < 1.29 is 24.2 Å². The molecule has 148 valence electrons. The molecule has 2 rings (SSSR count). The van der Waals surface area contributed by atoms with Crippen molar-refractivity contribution in [1.29, 1.82) is 0 Å². The summed E-state index contributed by atoms with van der Waals surface area (Å²) in [7, 11) is 1.58. The highest BCUT2D eigenvalue weighted by molar-refractivity contribution is 5.85. The third kappa shape index (κ3) is 5.98. The normalized spacial score (nSPS) is 16.7. The van der Waals surface area contributed by atoms with Crippen LogP contribution in [0.1, 0.15) is 30.4 Å². The van der Waals surface area contributed by atoms with Gasteiger partial charge in [0, 0.05) is 20.1 Å². The van der Waals surface area contributed by atoms with Crippen molar-refractivity contribution in [3.05, 3.63) is 29.3 Å². The van der Waals surface area contributed by atoms with Crippen molar-refractivity contribution in [3.8, 4) is 5.75 Å². The summed E-state index contributed by atoms with van der Waals surface area (Å²) in [5, 5.41) is 9.12. The van der Waals surface area contributed by atoms with E-state index < -0.39 is 11.9 Å². The number of aryl methyl sites for hydroxylation is 2. The monoisotopic (exact) mass is 376 g/mol. The maximum atomic E-state index is 12.4. The molecule has 1 aliphatic heterocycles. The van der Waals surface area contributed by atoms with Crippen LogP contribution in [0.5, 0.6) is 5.75 Å². The topological polar surface area (TPSA) is 87.2 Å². The first-order valence-electron chi connectivity index (χ1n) is 9.22. The maximum absolute atomic E-state index is 12.4. The largest absolute Gasteiger partial charge is 0.493 e. The molecular weight excluding hydrogens is 348 g/mol. The summed E-state index contributed by atoms with van der Waals surface area (Å²) in [5.41, 5.74) is 2.10. The van der Waals surface area contributed by atoms with Gasteiger partial charge in [-0.15, -0.1) is 0 Å². The lowest BCUT2D eigenvalue weighted by Gasteiger charge is -2.32. The highest BCUT2D eigenvalue weighted by Gasteiger charge is 2.28. The molecule has 0 bridgehead atoms. The minimum absolute atomic E-state index is 0.0470. The Bertz CT molecular complexity index is 704. The number of carbonyl (C=O) groups excluding carboxylic acids is 2. The number of likely N-dealkylation sites (N-methyl/N-ethyl adjacent to an activating group) is 1. The number of hydrogen-bond donors (Lipinski definition) is 1. The molecule has 0 aromatic heterocycles. The van der Waals surface area contributed by atoms with E-state index in [0.29, 0.717) is 19.4 Å². The van der Waals surface area contributed by atoms with E-state index in [1.54, 1.807) is 11.9 Å². The molecule has 1 aliphatic rings. The van der Waals surface area contributed by atoms with Gasteiger partial charge in [0.15, 0.2) is 0 Å². The molecular formula is C20H28N2O5. The number of carboxylic acid groups (broad SMARTS) is 1. The van der Waals surface area contributed by atoms with Gasteiger partial charge in [-0.3, -0.25) is 14.4 Å². The zero-order valence-electron chi connectivity index (χ0n) is 16.2. The highest BCUT2D eigenvalue weighted by Crippen LogP contribution is 2.19. The second-order valence-corrected chi connectivity index (χ2v) is 7.13. The van der Waals surface area contributed by atoms with E-state index in [1.807, 2.05) is 32.0 Å². The Hall–Kier alpha value is -2.57. The number of piperidine rings is 1. The Balaban J connectivity index is 1.78. The fourth-order valence-corrected chi connectivity index (χ4v) is 3.10. The van der Waals surface area contributed by atoms with Crippen LogP contribution in [0.2, 0.25) is 0 Å². The molecule has 0 saturated carbocycles. The van der Waals surface area contributed by atoms with Crippen LogP contribution in [0, 0.1) is 19.8 Å². The summed E-state index contributed by atoms with van der Waals surface area (Å²) in [5.74, 6) is -1.03. The van der Waals surface area contributed by atoms with Crippen LogP contribution in [0.4, 0.5) is 0 Å². The van der Waals surface area contributed by atoms with Crippen LogP contribution in [0.15, 0.2) is 18.2 Å². The lowest BCUT2D eigenvalue weighted by molar-refractivity contribution is -0.147. The van der Waals surface area contributed by atoms with E-state index in [4.69, 9.17) is 9.84 Å². The van der Waals surface area contributed by atoms with Crippen LogP contribution in [0.3, 0.4) is 0 Å². The average molecular weight is 376 g/mol. The zero-order chi connectivity index (χ0) is 20.0. The average Bonchev–Trinajstić information content (AvgIpc) is 2.64. The molecule has 7 heteroatoms. The molecule has 1 atom stereocenters. The molecule has 1 N–H and O–H groups in total. The molecule has 1 aromatic rings. The molecule has 0 radical (unpaired) electrons. The van der Waals surface area contributed by atoms with Crippen molar-refractivity contribution in [1.82, 2.24) is 9.80 Å². The van der Waals surface area contributed by atoms with Gasteiger partial charge >= 0.3 is 5.97 Å². The minimum atomic E-state index is -0.875. The molecule has 0 aliphatic carbocycles. The van der Waals surface area contributed by atoms with Gasteiger partial charge in [0.1, 0.15) is 5.75 Å². The van der Waals surface area contributed by atoms with Crippen molar-refractivity contribution in [2.75, 3.05) is 33.3 Å². The molecule has 1 heterocycles. The number of hydrogen-bond acceptors (Lipinski definition) is 4. The fraction of sp³-hybridized carbons (Fsp3) is 0.550. The van der Waals surface area contributed by atoms with Crippen molar-refractivity contribution in [2.45, 2.75) is 33.1 Å². The second-order valence-electron chi connectivity index (χ2n) is 7.13. The van der Waals surface area contributed by atoms with Crippen LogP contribution < -0.4 is 4.74 Å². The Morgan fingerprint density at radius 1 is 1.30 bits per heavy atom. The quantitative estimate of drug-likeness (QED) is 0.785. The molecule has 0 spiro atoms. The molecule has 1 fully saturated rings. The zero-order valence-corrected chi connectivity index (χ0v) is 16.2. The van der Waals surface area contributed by atoms with Gasteiger partial charge in [-0.05, 0) is 43.9 Å². The summed E-state index contributed by atoms with van der Waals surface area (Å²) in [4.78, 5) is 38.7. The second kappa shape index (κ2) is 9.39. The summed E-state index contributed by atoms with van der Waals surface area (Å²) >= 11 is 0. The van der Waals surface area contributed by atoms with Crippen LogP contribution >= 0.6 is 0 Å². The van der Waals surface area contributed by atoms with Crippen molar-refractivity contribution in [2.24, 2.45) is 5.92 Å². The lowest BCUT2D eigenvalue weighted by Crippen LogP contribution is -2.47. The predicted molar refractivity (Wildman–Crippen MR) is 101 cm³/mol. The summed E-state index contributed by atoms with van der Waals surface area (Å²) in [6.45, 7) is 4.88. The van der Waals surface area contributed by atoms with Crippen LogP contribution in [0.25, 0.3) is 0 Å². The molecule has 2 amide bonds. The number of nitrogens with zero attached hydrogens (tertiary/aromatic N) is 2. The van der Waals surface area contributed by atoms with E-state index in [0.717, 1.165) is 16.9 Å². The molecule has 1 unspecified atom stereocenters. The van der Waals surface area contributed by atoms with Crippen LogP contribution in [-0.2, 0) is 14.4 Å². The molecule has 7 nitrogen and oxygen atoms in total. The van der Waals surface area contributed by atoms with Gasteiger partial charge in [0.25, 0.3) is 0 Å². The number of likely N-dealkylation sites (tertiary alicyclic amines) is 1. The number of benzene rings is 1. The summed E-state index contributed by atoms with van der Waals surface area (Å²) < 4.78 is 5.69. The SMILES string of the molecule is Cc1ccc(C)c(OCCC(=O)N(C)CC(=O)N2CCCC(C(=O)O)C2)c1. The van der Waals surface area contributed by atoms with Gasteiger partial charge in [0.2, 0.25) is 11.8 Å². The Labute approximate surface area is 159 Å². The van der Waals surface area contributed by atoms with Crippen molar-refractivity contribution >= 4 is 17.8 Å².